The monoisotopic (exact) mass is 413 g/mol. The van der Waals surface area contributed by atoms with Crippen molar-refractivity contribution in [2.24, 2.45) is 0 Å². The highest BCUT2D eigenvalue weighted by Gasteiger charge is 2.15. The van der Waals surface area contributed by atoms with Crippen LogP contribution in [0.25, 0.3) is 16.6 Å². The van der Waals surface area contributed by atoms with E-state index in [0.717, 1.165) is 18.4 Å². The SMILES string of the molecule is CCOC(=O)COc1cccn2c(Cc3ccccc3-c3ccccc3)c(CC)cc12. The van der Waals surface area contributed by atoms with Crippen molar-refractivity contribution in [1.82, 2.24) is 4.40 Å². The molecular weight excluding hydrogens is 386 g/mol. The third kappa shape index (κ3) is 4.48. The molecule has 31 heavy (non-hydrogen) atoms. The number of pyridine rings is 1. The van der Waals surface area contributed by atoms with Gasteiger partial charge in [0.15, 0.2) is 6.61 Å². The first kappa shape index (κ1) is 20.7. The minimum Gasteiger partial charge on any atom is -0.480 e. The summed E-state index contributed by atoms with van der Waals surface area (Å²) in [7, 11) is 0. The largest absolute Gasteiger partial charge is 0.480 e. The average molecular weight is 414 g/mol. The van der Waals surface area contributed by atoms with Gasteiger partial charge in [-0.1, -0.05) is 61.5 Å². The molecule has 4 heteroatoms. The fraction of sp³-hybridized carbons (Fsp3) is 0.222. The first-order valence-electron chi connectivity index (χ1n) is 10.7. The van der Waals surface area contributed by atoms with E-state index < -0.39 is 0 Å². The van der Waals surface area contributed by atoms with Crippen molar-refractivity contribution in [2.75, 3.05) is 13.2 Å². The van der Waals surface area contributed by atoms with Crippen molar-refractivity contribution in [3.63, 3.8) is 0 Å². The van der Waals surface area contributed by atoms with Crippen LogP contribution < -0.4 is 4.74 Å². The van der Waals surface area contributed by atoms with E-state index in [1.165, 1.54) is 27.9 Å². The summed E-state index contributed by atoms with van der Waals surface area (Å²) in [4.78, 5) is 11.7. The summed E-state index contributed by atoms with van der Waals surface area (Å²) in [6, 6.07) is 25.1. The molecule has 0 aliphatic carbocycles. The van der Waals surface area contributed by atoms with Crippen LogP contribution in [0.4, 0.5) is 0 Å². The first-order chi connectivity index (χ1) is 15.2. The number of carbonyl (C=O) groups excluding carboxylic acids is 1. The zero-order valence-electron chi connectivity index (χ0n) is 18.0. The number of esters is 1. The molecule has 0 saturated heterocycles. The summed E-state index contributed by atoms with van der Waals surface area (Å²) in [5.74, 6) is 0.330. The number of hydrogen-bond donors (Lipinski definition) is 0. The van der Waals surface area contributed by atoms with Gasteiger partial charge in [0, 0.05) is 18.3 Å². The Morgan fingerprint density at radius 3 is 2.45 bits per heavy atom. The van der Waals surface area contributed by atoms with Crippen LogP contribution in [0.3, 0.4) is 0 Å². The molecule has 0 N–H and O–H groups in total. The molecule has 0 bridgehead atoms. The summed E-state index contributed by atoms with van der Waals surface area (Å²) >= 11 is 0. The maximum absolute atomic E-state index is 11.7. The second-order valence-electron chi connectivity index (χ2n) is 7.39. The molecule has 0 aliphatic heterocycles. The lowest BCUT2D eigenvalue weighted by molar-refractivity contribution is -0.145. The predicted molar refractivity (Wildman–Crippen MR) is 124 cm³/mol. The molecule has 0 atom stereocenters. The summed E-state index contributed by atoms with van der Waals surface area (Å²) in [5, 5.41) is 0. The second-order valence-corrected chi connectivity index (χ2v) is 7.39. The third-order valence-electron chi connectivity index (χ3n) is 5.46. The Morgan fingerprint density at radius 2 is 1.68 bits per heavy atom. The smallest absolute Gasteiger partial charge is 0.344 e. The summed E-state index contributed by atoms with van der Waals surface area (Å²) < 4.78 is 13.0. The van der Waals surface area contributed by atoms with Crippen LogP contribution in [0.1, 0.15) is 30.7 Å². The highest BCUT2D eigenvalue weighted by atomic mass is 16.6. The minimum absolute atomic E-state index is 0.0909. The van der Waals surface area contributed by atoms with Gasteiger partial charge in [0.25, 0.3) is 0 Å². The Labute approximate surface area is 183 Å². The number of nitrogens with zero attached hydrogens (tertiary/aromatic N) is 1. The topological polar surface area (TPSA) is 39.9 Å². The van der Waals surface area contributed by atoms with E-state index >= 15 is 0 Å². The van der Waals surface area contributed by atoms with Crippen LogP contribution in [0.5, 0.6) is 5.75 Å². The normalized spacial score (nSPS) is 10.9. The number of aromatic nitrogens is 1. The second kappa shape index (κ2) is 9.52. The van der Waals surface area contributed by atoms with E-state index in [2.05, 4.69) is 72.1 Å². The van der Waals surface area contributed by atoms with E-state index in [9.17, 15) is 4.79 Å². The van der Waals surface area contributed by atoms with Gasteiger partial charge in [-0.05, 0) is 53.8 Å². The van der Waals surface area contributed by atoms with Gasteiger partial charge in [0.2, 0.25) is 0 Å². The number of carbonyl (C=O) groups is 1. The van der Waals surface area contributed by atoms with Crippen LogP contribution in [0.2, 0.25) is 0 Å². The number of aryl methyl sites for hydroxylation is 1. The Morgan fingerprint density at radius 1 is 0.903 bits per heavy atom. The maximum atomic E-state index is 11.7. The fourth-order valence-electron chi connectivity index (χ4n) is 4.00. The van der Waals surface area contributed by atoms with Gasteiger partial charge in [-0.2, -0.15) is 0 Å². The van der Waals surface area contributed by atoms with Gasteiger partial charge in [0.05, 0.1) is 12.1 Å². The minimum atomic E-state index is -0.358. The van der Waals surface area contributed by atoms with E-state index in [-0.39, 0.29) is 12.6 Å². The first-order valence-corrected chi connectivity index (χ1v) is 10.7. The fourth-order valence-corrected chi connectivity index (χ4v) is 4.00. The lowest BCUT2D eigenvalue weighted by Crippen LogP contribution is -2.14. The van der Waals surface area contributed by atoms with Crippen molar-refractivity contribution in [1.29, 1.82) is 0 Å². The third-order valence-corrected chi connectivity index (χ3v) is 5.46. The number of hydrogen-bond acceptors (Lipinski definition) is 3. The molecule has 4 rings (SSSR count). The maximum Gasteiger partial charge on any atom is 0.344 e. The number of ether oxygens (including phenoxy) is 2. The molecule has 0 radical (unpaired) electrons. The van der Waals surface area contributed by atoms with Crippen LogP contribution in [0, 0.1) is 0 Å². The molecule has 4 aromatic rings. The standard InChI is InChI=1S/C27H27NO3/c1-3-20-17-25-26(31-19-27(29)30-4-2)15-10-16-28(25)24(20)18-22-13-8-9-14-23(22)21-11-6-5-7-12-21/h5-17H,3-4,18-19H2,1-2H3. The Balaban J connectivity index is 1.71. The van der Waals surface area contributed by atoms with Gasteiger partial charge in [-0.3, -0.25) is 0 Å². The van der Waals surface area contributed by atoms with Crippen molar-refractivity contribution >= 4 is 11.5 Å². The lowest BCUT2D eigenvalue weighted by atomic mass is 9.95. The van der Waals surface area contributed by atoms with E-state index in [0.29, 0.717) is 12.4 Å². The Bertz CT molecular complexity index is 1180. The molecular formula is C27H27NO3. The molecule has 2 aromatic heterocycles. The van der Waals surface area contributed by atoms with E-state index in [1.54, 1.807) is 6.92 Å². The van der Waals surface area contributed by atoms with Crippen molar-refractivity contribution in [3.05, 3.63) is 95.8 Å². The van der Waals surface area contributed by atoms with Crippen LogP contribution in [-0.2, 0) is 22.4 Å². The molecule has 0 amide bonds. The number of benzene rings is 2. The van der Waals surface area contributed by atoms with Gasteiger partial charge >= 0.3 is 5.97 Å². The highest BCUT2D eigenvalue weighted by molar-refractivity contribution is 5.72. The molecule has 2 heterocycles. The zero-order valence-corrected chi connectivity index (χ0v) is 18.0. The van der Waals surface area contributed by atoms with Gasteiger partial charge < -0.3 is 13.9 Å². The highest BCUT2D eigenvalue weighted by Crippen LogP contribution is 2.30. The average Bonchev–Trinajstić information content (AvgIpc) is 3.17. The van der Waals surface area contributed by atoms with Gasteiger partial charge in [-0.15, -0.1) is 0 Å². The summed E-state index contributed by atoms with van der Waals surface area (Å²) in [6.45, 7) is 4.22. The molecule has 0 saturated carbocycles. The molecule has 2 aromatic carbocycles. The molecule has 0 fully saturated rings. The zero-order chi connectivity index (χ0) is 21.6. The Kier molecular flexibility index (Phi) is 6.37. The van der Waals surface area contributed by atoms with Crippen LogP contribution in [-0.4, -0.2) is 23.6 Å². The van der Waals surface area contributed by atoms with E-state index in [1.807, 2.05) is 18.2 Å². The summed E-state index contributed by atoms with van der Waals surface area (Å²) in [6.07, 6.45) is 3.79. The molecule has 0 aliphatic rings. The quantitative estimate of drug-likeness (QED) is 0.348. The Hall–Kier alpha value is -3.53. The molecule has 0 spiro atoms. The lowest BCUT2D eigenvalue weighted by Gasteiger charge is -2.12. The molecule has 0 unspecified atom stereocenters. The predicted octanol–water partition coefficient (Wildman–Crippen LogP) is 5.70. The van der Waals surface area contributed by atoms with Gasteiger partial charge in [0.1, 0.15) is 5.75 Å². The number of rotatable bonds is 8. The van der Waals surface area contributed by atoms with E-state index in [4.69, 9.17) is 9.47 Å². The van der Waals surface area contributed by atoms with Crippen molar-refractivity contribution in [2.45, 2.75) is 26.7 Å². The van der Waals surface area contributed by atoms with Gasteiger partial charge in [-0.25, -0.2) is 4.79 Å². The van der Waals surface area contributed by atoms with Crippen molar-refractivity contribution < 1.29 is 14.3 Å². The molecule has 158 valence electrons. The van der Waals surface area contributed by atoms with Crippen LogP contribution >= 0.6 is 0 Å². The van der Waals surface area contributed by atoms with Crippen LogP contribution in [0.15, 0.2) is 79.0 Å². The molecule has 4 nitrogen and oxygen atoms in total. The number of fused-ring (bicyclic) bond motifs is 1. The van der Waals surface area contributed by atoms with Crippen molar-refractivity contribution in [3.8, 4) is 16.9 Å². The summed E-state index contributed by atoms with van der Waals surface area (Å²) in [5.41, 5.74) is 7.22.